The van der Waals surface area contributed by atoms with Crippen LogP contribution in [0, 0.1) is 25.7 Å². The zero-order valence-corrected chi connectivity index (χ0v) is 16.5. The zero-order chi connectivity index (χ0) is 18.6. The molecule has 3 aliphatic heterocycles. The van der Waals surface area contributed by atoms with E-state index in [0.29, 0.717) is 18.4 Å². The van der Waals surface area contributed by atoms with E-state index in [2.05, 4.69) is 27.1 Å². The summed E-state index contributed by atoms with van der Waals surface area (Å²) in [7, 11) is 0. The molecule has 5 heterocycles. The van der Waals surface area contributed by atoms with Crippen molar-refractivity contribution in [1.82, 2.24) is 15.3 Å². The second-order valence-electron chi connectivity index (χ2n) is 8.01. The van der Waals surface area contributed by atoms with Gasteiger partial charge in [0, 0.05) is 42.7 Å². The van der Waals surface area contributed by atoms with Gasteiger partial charge >= 0.3 is 0 Å². The normalized spacial score (nSPS) is 31.3. The minimum atomic E-state index is -0.0751. The number of fused-ring (bicyclic) bond motifs is 1. The molecule has 0 radical (unpaired) electrons. The highest BCUT2D eigenvalue weighted by Gasteiger charge is 2.63. The van der Waals surface area contributed by atoms with Gasteiger partial charge in [0.15, 0.2) is 0 Å². The lowest BCUT2D eigenvalue weighted by atomic mass is 9.73. The average Bonchev–Trinajstić information content (AvgIpc) is 3.42. The van der Waals surface area contributed by atoms with Crippen LogP contribution in [0.15, 0.2) is 23.8 Å². The molecule has 0 saturated carbocycles. The first kappa shape index (κ1) is 17.1. The Hall–Kier alpha value is -1.99. The van der Waals surface area contributed by atoms with Crippen LogP contribution in [-0.2, 0) is 4.74 Å². The summed E-state index contributed by atoms with van der Waals surface area (Å²) in [5.74, 6) is 1.86. The molecule has 2 aromatic heterocycles. The summed E-state index contributed by atoms with van der Waals surface area (Å²) in [6.07, 6.45) is 4.12. The number of nitrogens with zero attached hydrogens (tertiary/aromatic N) is 3. The van der Waals surface area contributed by atoms with Gasteiger partial charge in [-0.1, -0.05) is 6.07 Å². The highest BCUT2D eigenvalue weighted by Crippen LogP contribution is 2.55. The highest BCUT2D eigenvalue weighted by molar-refractivity contribution is 7.12. The second kappa shape index (κ2) is 6.27. The first-order valence-electron chi connectivity index (χ1n) is 9.60. The highest BCUT2D eigenvalue weighted by atomic mass is 32.1. The second-order valence-corrected chi connectivity index (χ2v) is 8.95. The van der Waals surface area contributed by atoms with Gasteiger partial charge in [0.1, 0.15) is 12.1 Å². The van der Waals surface area contributed by atoms with Crippen molar-refractivity contribution in [2.45, 2.75) is 38.4 Å². The first-order valence-corrected chi connectivity index (χ1v) is 10.5. The molecule has 1 N–H and O–H groups in total. The number of hydrogen-bond acceptors (Lipinski definition) is 6. The van der Waals surface area contributed by atoms with Crippen molar-refractivity contribution in [3.05, 3.63) is 40.0 Å². The third kappa shape index (κ3) is 2.67. The summed E-state index contributed by atoms with van der Waals surface area (Å²) < 4.78 is 6.51. The molecule has 3 saturated heterocycles. The molecule has 3 aliphatic rings. The molecule has 27 heavy (non-hydrogen) atoms. The molecule has 5 rings (SSSR count). The standard InChI is InChI=1S/C20H24N4O2S/c1-12-13(2)22-11-23-18(12)24-9-15-14(16-5-6-20(15,10-24)26-16)8-21-19(25)17-4-3-7-27-17/h3-4,7,11,14-16H,5-6,8-10H2,1-2H3,(H,21,25)/t14-,15+,16+,20+/m0/s1. The van der Waals surface area contributed by atoms with Crippen molar-refractivity contribution >= 4 is 23.1 Å². The number of nitrogens with one attached hydrogen (secondary N) is 1. The maximum absolute atomic E-state index is 12.4. The predicted molar refractivity (Wildman–Crippen MR) is 104 cm³/mol. The van der Waals surface area contributed by atoms with Gasteiger partial charge in [-0.25, -0.2) is 9.97 Å². The third-order valence-corrected chi connectivity index (χ3v) is 7.50. The minimum Gasteiger partial charge on any atom is -0.369 e. The number of thiophene rings is 1. The molecule has 0 aromatic carbocycles. The summed E-state index contributed by atoms with van der Waals surface area (Å²) in [4.78, 5) is 24.3. The number of hydrogen-bond donors (Lipinski definition) is 1. The van der Waals surface area contributed by atoms with Crippen LogP contribution in [0.4, 0.5) is 5.82 Å². The molecular formula is C20H24N4O2S. The number of aryl methyl sites for hydroxylation is 1. The van der Waals surface area contributed by atoms with E-state index in [1.165, 1.54) is 11.3 Å². The maximum Gasteiger partial charge on any atom is 0.261 e. The van der Waals surface area contributed by atoms with Crippen molar-refractivity contribution in [2.24, 2.45) is 11.8 Å². The Labute approximate surface area is 163 Å². The Kier molecular flexibility index (Phi) is 3.98. The van der Waals surface area contributed by atoms with Crippen LogP contribution in [0.2, 0.25) is 0 Å². The SMILES string of the molecule is Cc1ncnc(N2C[C@@H]3[C@H](CNC(=O)c4cccs4)[C@H]4CC[C@]3(C2)O4)c1C. The van der Waals surface area contributed by atoms with E-state index in [-0.39, 0.29) is 17.6 Å². The van der Waals surface area contributed by atoms with Gasteiger partial charge in [-0.05, 0) is 38.1 Å². The molecule has 1 spiro atoms. The van der Waals surface area contributed by atoms with E-state index < -0.39 is 0 Å². The number of carbonyl (C=O) groups excluding carboxylic acids is 1. The fraction of sp³-hybridized carbons (Fsp3) is 0.550. The van der Waals surface area contributed by atoms with E-state index in [0.717, 1.165) is 47.9 Å². The average molecular weight is 385 g/mol. The van der Waals surface area contributed by atoms with Crippen LogP contribution in [0.25, 0.3) is 0 Å². The smallest absolute Gasteiger partial charge is 0.261 e. The van der Waals surface area contributed by atoms with Crippen LogP contribution in [0.1, 0.15) is 33.8 Å². The quantitative estimate of drug-likeness (QED) is 0.878. The van der Waals surface area contributed by atoms with E-state index in [1.54, 1.807) is 6.33 Å². The molecule has 0 aliphatic carbocycles. The monoisotopic (exact) mass is 384 g/mol. The largest absolute Gasteiger partial charge is 0.369 e. The third-order valence-electron chi connectivity index (χ3n) is 6.64. The Bertz CT molecular complexity index is 871. The minimum absolute atomic E-state index is 0.0268. The lowest BCUT2D eigenvalue weighted by Crippen LogP contribution is -2.41. The van der Waals surface area contributed by atoms with Gasteiger partial charge in [0.2, 0.25) is 0 Å². The van der Waals surface area contributed by atoms with Crippen molar-refractivity contribution < 1.29 is 9.53 Å². The summed E-state index contributed by atoms with van der Waals surface area (Å²) in [6.45, 7) is 6.63. The van der Waals surface area contributed by atoms with Crippen molar-refractivity contribution in [3.63, 3.8) is 0 Å². The Morgan fingerprint density at radius 1 is 1.44 bits per heavy atom. The van der Waals surface area contributed by atoms with E-state index in [1.807, 2.05) is 24.4 Å². The van der Waals surface area contributed by atoms with Gasteiger partial charge in [0.25, 0.3) is 5.91 Å². The molecule has 2 bridgehead atoms. The van der Waals surface area contributed by atoms with Gasteiger partial charge in [-0.2, -0.15) is 0 Å². The van der Waals surface area contributed by atoms with Crippen molar-refractivity contribution in [1.29, 1.82) is 0 Å². The van der Waals surface area contributed by atoms with Gasteiger partial charge in [-0.3, -0.25) is 4.79 Å². The topological polar surface area (TPSA) is 67.4 Å². The molecule has 4 atom stereocenters. The Morgan fingerprint density at radius 2 is 2.33 bits per heavy atom. The molecule has 1 amide bonds. The van der Waals surface area contributed by atoms with Crippen LogP contribution in [0.5, 0.6) is 0 Å². The zero-order valence-electron chi connectivity index (χ0n) is 15.6. The lowest BCUT2D eigenvalue weighted by Gasteiger charge is -2.29. The molecule has 6 nitrogen and oxygen atoms in total. The van der Waals surface area contributed by atoms with Crippen LogP contribution in [0.3, 0.4) is 0 Å². The Balaban J connectivity index is 1.33. The summed E-state index contributed by atoms with van der Waals surface area (Å²) >= 11 is 1.48. The molecule has 3 fully saturated rings. The van der Waals surface area contributed by atoms with Crippen LogP contribution in [-0.4, -0.2) is 47.2 Å². The number of rotatable bonds is 4. The van der Waals surface area contributed by atoms with Crippen LogP contribution < -0.4 is 10.2 Å². The number of ether oxygens (including phenoxy) is 1. The molecule has 2 aromatic rings. The summed E-state index contributed by atoms with van der Waals surface area (Å²) in [5.41, 5.74) is 2.10. The summed E-state index contributed by atoms with van der Waals surface area (Å²) in [6, 6.07) is 3.78. The lowest BCUT2D eigenvalue weighted by molar-refractivity contribution is 0.0141. The number of carbonyl (C=O) groups is 1. The van der Waals surface area contributed by atoms with Gasteiger partial charge < -0.3 is 15.0 Å². The van der Waals surface area contributed by atoms with Crippen LogP contribution >= 0.6 is 11.3 Å². The van der Waals surface area contributed by atoms with Crippen molar-refractivity contribution in [2.75, 3.05) is 24.5 Å². The van der Waals surface area contributed by atoms with E-state index in [9.17, 15) is 4.79 Å². The van der Waals surface area contributed by atoms with Gasteiger partial charge in [-0.15, -0.1) is 11.3 Å². The van der Waals surface area contributed by atoms with E-state index >= 15 is 0 Å². The predicted octanol–water partition coefficient (Wildman–Crippen LogP) is 2.57. The molecular weight excluding hydrogens is 360 g/mol. The fourth-order valence-electron chi connectivity index (χ4n) is 5.17. The van der Waals surface area contributed by atoms with Crippen molar-refractivity contribution in [3.8, 4) is 0 Å². The van der Waals surface area contributed by atoms with Gasteiger partial charge in [0.05, 0.1) is 16.6 Å². The number of amides is 1. The first-order chi connectivity index (χ1) is 13.1. The van der Waals surface area contributed by atoms with E-state index in [4.69, 9.17) is 4.74 Å². The maximum atomic E-state index is 12.4. The Morgan fingerprint density at radius 3 is 3.15 bits per heavy atom. The molecule has 7 heteroatoms. The molecule has 0 unspecified atom stereocenters. The number of anilines is 1. The number of aromatic nitrogens is 2. The fourth-order valence-corrected chi connectivity index (χ4v) is 5.81. The summed E-state index contributed by atoms with van der Waals surface area (Å²) in [5, 5.41) is 5.08. The molecule has 142 valence electrons.